The van der Waals surface area contributed by atoms with Crippen LogP contribution in [0.4, 0.5) is 13.2 Å². The minimum Gasteiger partial charge on any atom is -0.496 e. The van der Waals surface area contributed by atoms with Crippen LogP contribution in [-0.4, -0.2) is 13.3 Å². The van der Waals surface area contributed by atoms with E-state index < -0.39 is 12.6 Å². The summed E-state index contributed by atoms with van der Waals surface area (Å²) in [6.07, 6.45) is -4.98. The molecule has 0 aliphatic carbocycles. The Kier molecular flexibility index (Phi) is 5.52. The Morgan fingerprint density at radius 1 is 1.33 bits per heavy atom. The van der Waals surface area contributed by atoms with Crippen LogP contribution in [0.15, 0.2) is 16.6 Å². The highest BCUT2D eigenvalue weighted by Crippen LogP contribution is 2.39. The third-order valence-electron chi connectivity index (χ3n) is 2.53. The van der Waals surface area contributed by atoms with Gasteiger partial charge < -0.3 is 4.74 Å². The van der Waals surface area contributed by atoms with Crippen molar-refractivity contribution in [2.75, 3.05) is 7.11 Å². The van der Waals surface area contributed by atoms with Crippen LogP contribution < -0.4 is 4.74 Å². The third-order valence-corrected chi connectivity index (χ3v) is 4.34. The molecule has 0 aliphatic heterocycles. The molecule has 1 aromatic carbocycles. The Balaban J connectivity index is 2.91. The molecule has 1 unspecified atom stereocenters. The summed E-state index contributed by atoms with van der Waals surface area (Å²) in [7, 11) is 1.51. The quantitative estimate of drug-likeness (QED) is 0.614. The topological polar surface area (TPSA) is 9.23 Å². The van der Waals surface area contributed by atoms with Crippen LogP contribution in [0.2, 0.25) is 0 Å². The number of benzene rings is 1. The number of halogens is 5. The minimum absolute atomic E-state index is 0.0185. The molecule has 1 rings (SSSR count). The summed E-state index contributed by atoms with van der Waals surface area (Å²) in [6.45, 7) is 1.90. The van der Waals surface area contributed by atoms with Crippen molar-refractivity contribution >= 4 is 31.9 Å². The summed E-state index contributed by atoms with van der Waals surface area (Å²) in [4.78, 5) is -0.383. The highest BCUT2D eigenvalue weighted by molar-refractivity contribution is 9.10. The molecule has 1 atom stereocenters. The van der Waals surface area contributed by atoms with Crippen molar-refractivity contribution in [1.82, 2.24) is 0 Å². The average Bonchev–Trinajstić information content (AvgIpc) is 2.28. The van der Waals surface area contributed by atoms with E-state index in [4.69, 9.17) is 4.74 Å². The van der Waals surface area contributed by atoms with E-state index in [9.17, 15) is 13.2 Å². The molecule has 0 spiro atoms. The SMILES string of the molecule is COc1cc(C)c(Br)cc1C(Br)CCC(F)(F)F. The molecule has 1 aromatic rings. The molecule has 0 saturated carbocycles. The first-order chi connectivity index (χ1) is 8.24. The first-order valence-corrected chi connectivity index (χ1v) is 7.00. The Labute approximate surface area is 121 Å². The molecule has 0 radical (unpaired) electrons. The molecular weight excluding hydrogens is 377 g/mol. The monoisotopic (exact) mass is 388 g/mol. The fourth-order valence-electron chi connectivity index (χ4n) is 1.54. The smallest absolute Gasteiger partial charge is 0.389 e. The molecule has 102 valence electrons. The van der Waals surface area contributed by atoms with Gasteiger partial charge in [-0.1, -0.05) is 31.9 Å². The van der Waals surface area contributed by atoms with Crippen molar-refractivity contribution in [3.63, 3.8) is 0 Å². The van der Waals surface area contributed by atoms with E-state index in [2.05, 4.69) is 31.9 Å². The van der Waals surface area contributed by atoms with Gasteiger partial charge in [0.05, 0.1) is 7.11 Å². The number of rotatable bonds is 4. The lowest BCUT2D eigenvalue weighted by molar-refractivity contribution is -0.135. The highest BCUT2D eigenvalue weighted by atomic mass is 79.9. The van der Waals surface area contributed by atoms with E-state index >= 15 is 0 Å². The molecule has 0 aliphatic rings. The van der Waals surface area contributed by atoms with Gasteiger partial charge in [-0.05, 0) is 31.0 Å². The molecule has 6 heteroatoms. The maximum atomic E-state index is 12.2. The number of hydrogen-bond acceptors (Lipinski definition) is 1. The first kappa shape index (κ1) is 15.8. The molecule has 0 N–H and O–H groups in total. The Bertz CT molecular complexity index is 419. The largest absolute Gasteiger partial charge is 0.496 e. The van der Waals surface area contributed by atoms with Crippen LogP contribution in [0.25, 0.3) is 0 Å². The number of methoxy groups -OCH3 is 1. The van der Waals surface area contributed by atoms with Crippen LogP contribution in [0, 0.1) is 6.92 Å². The zero-order chi connectivity index (χ0) is 13.9. The Morgan fingerprint density at radius 3 is 2.44 bits per heavy atom. The predicted octanol–water partition coefficient (Wildman–Crippen LogP) is 5.54. The molecule has 0 amide bonds. The van der Waals surface area contributed by atoms with Crippen molar-refractivity contribution in [3.05, 3.63) is 27.7 Å². The predicted molar refractivity (Wildman–Crippen MR) is 72.4 cm³/mol. The second-order valence-electron chi connectivity index (χ2n) is 3.96. The summed E-state index contributed by atoms with van der Waals surface area (Å²) in [5, 5.41) is 0. The molecule has 1 nitrogen and oxygen atoms in total. The highest BCUT2D eigenvalue weighted by Gasteiger charge is 2.28. The van der Waals surface area contributed by atoms with Crippen LogP contribution in [0.1, 0.15) is 28.8 Å². The lowest BCUT2D eigenvalue weighted by Gasteiger charge is -2.16. The van der Waals surface area contributed by atoms with Crippen LogP contribution >= 0.6 is 31.9 Å². The summed E-state index contributed by atoms with van der Waals surface area (Å²) in [5.41, 5.74) is 1.70. The lowest BCUT2D eigenvalue weighted by Crippen LogP contribution is -2.08. The number of ether oxygens (including phenoxy) is 1. The summed E-state index contributed by atoms with van der Waals surface area (Å²) in [6, 6.07) is 3.60. The van der Waals surface area contributed by atoms with Gasteiger partial charge in [0.2, 0.25) is 0 Å². The first-order valence-electron chi connectivity index (χ1n) is 5.29. The van der Waals surface area contributed by atoms with Crippen LogP contribution in [0.5, 0.6) is 5.75 Å². The van der Waals surface area contributed by atoms with Crippen molar-refractivity contribution < 1.29 is 17.9 Å². The second-order valence-corrected chi connectivity index (χ2v) is 5.92. The van der Waals surface area contributed by atoms with Gasteiger partial charge in [-0.25, -0.2) is 0 Å². The van der Waals surface area contributed by atoms with Crippen molar-refractivity contribution in [1.29, 1.82) is 0 Å². The fourth-order valence-corrected chi connectivity index (χ4v) is 2.49. The van der Waals surface area contributed by atoms with Gasteiger partial charge in [-0.2, -0.15) is 13.2 Å². The van der Waals surface area contributed by atoms with E-state index in [1.807, 2.05) is 6.92 Å². The number of alkyl halides is 4. The minimum atomic E-state index is -4.14. The maximum absolute atomic E-state index is 12.2. The maximum Gasteiger partial charge on any atom is 0.389 e. The summed E-state index contributed by atoms with van der Waals surface area (Å²) in [5.74, 6) is 0.597. The van der Waals surface area contributed by atoms with E-state index in [0.717, 1.165) is 15.6 Å². The molecular formula is C12H13Br2F3O. The second kappa shape index (κ2) is 6.28. The van der Waals surface area contributed by atoms with Gasteiger partial charge in [0.1, 0.15) is 5.75 Å². The van der Waals surface area contributed by atoms with Gasteiger partial charge >= 0.3 is 6.18 Å². The molecule has 0 saturated heterocycles. The molecule has 0 heterocycles. The normalized spacial score (nSPS) is 13.5. The summed E-state index contributed by atoms with van der Waals surface area (Å²) >= 11 is 6.66. The van der Waals surface area contributed by atoms with Gasteiger partial charge in [-0.3, -0.25) is 0 Å². The van der Waals surface area contributed by atoms with Gasteiger partial charge in [0.15, 0.2) is 0 Å². The van der Waals surface area contributed by atoms with E-state index in [0.29, 0.717) is 5.75 Å². The lowest BCUT2D eigenvalue weighted by atomic mass is 10.0. The van der Waals surface area contributed by atoms with Crippen molar-refractivity contribution in [2.45, 2.75) is 30.8 Å². The Hall–Kier alpha value is -0.230. The number of aryl methyl sites for hydroxylation is 1. The Morgan fingerprint density at radius 2 is 1.94 bits per heavy atom. The standard InChI is InChI=1S/C12H13Br2F3O/c1-7-5-11(18-2)8(6-10(7)14)9(13)3-4-12(15,16)17/h5-6,9H,3-4H2,1-2H3. The zero-order valence-corrected chi connectivity index (χ0v) is 13.1. The van der Waals surface area contributed by atoms with E-state index in [-0.39, 0.29) is 11.2 Å². The molecule has 0 fully saturated rings. The third kappa shape index (κ3) is 4.46. The summed E-state index contributed by atoms with van der Waals surface area (Å²) < 4.78 is 42.6. The van der Waals surface area contributed by atoms with Crippen LogP contribution in [0.3, 0.4) is 0 Å². The zero-order valence-electron chi connectivity index (χ0n) is 9.94. The van der Waals surface area contributed by atoms with Gasteiger partial charge in [0, 0.05) is 21.3 Å². The van der Waals surface area contributed by atoms with Crippen molar-refractivity contribution in [2.24, 2.45) is 0 Å². The number of hydrogen-bond donors (Lipinski definition) is 0. The van der Waals surface area contributed by atoms with Crippen molar-refractivity contribution in [3.8, 4) is 5.75 Å². The fraction of sp³-hybridized carbons (Fsp3) is 0.500. The van der Waals surface area contributed by atoms with Gasteiger partial charge in [0.25, 0.3) is 0 Å². The van der Waals surface area contributed by atoms with E-state index in [1.54, 1.807) is 12.1 Å². The molecule has 0 aromatic heterocycles. The van der Waals surface area contributed by atoms with E-state index in [1.165, 1.54) is 7.11 Å². The molecule has 0 bridgehead atoms. The average molecular weight is 390 g/mol. The molecule has 18 heavy (non-hydrogen) atoms. The van der Waals surface area contributed by atoms with Crippen LogP contribution in [-0.2, 0) is 0 Å². The van der Waals surface area contributed by atoms with Gasteiger partial charge in [-0.15, -0.1) is 0 Å².